The molecule has 25 heavy (non-hydrogen) atoms. The number of thiophene rings is 1. The van der Waals surface area contributed by atoms with Crippen LogP contribution in [0.3, 0.4) is 0 Å². The van der Waals surface area contributed by atoms with Crippen LogP contribution in [-0.4, -0.2) is 30.1 Å². The summed E-state index contributed by atoms with van der Waals surface area (Å²) in [6.45, 7) is 0.581. The third-order valence-electron chi connectivity index (χ3n) is 3.80. The minimum Gasteiger partial charge on any atom is -0.312 e. The van der Waals surface area contributed by atoms with Crippen molar-refractivity contribution in [3.63, 3.8) is 0 Å². The Hall–Kier alpha value is -2.45. The smallest absolute Gasteiger partial charge is 0.271 e. The average molecular weight is 369 g/mol. The summed E-state index contributed by atoms with van der Waals surface area (Å²) in [4.78, 5) is 18.2. The highest BCUT2D eigenvalue weighted by Crippen LogP contribution is 2.30. The van der Waals surface area contributed by atoms with Gasteiger partial charge in [0.05, 0.1) is 11.8 Å². The summed E-state index contributed by atoms with van der Waals surface area (Å²) < 4.78 is 4.22. The van der Waals surface area contributed by atoms with Gasteiger partial charge in [0.15, 0.2) is 5.16 Å². The first-order valence-electron chi connectivity index (χ1n) is 7.73. The molecule has 0 atom stereocenters. The quantitative estimate of drug-likeness (QED) is 0.506. The maximum absolute atomic E-state index is 12.7. The molecular weight excluding hydrogens is 354 g/mol. The molecule has 0 spiro atoms. The van der Waals surface area contributed by atoms with Gasteiger partial charge in [0.2, 0.25) is 0 Å². The van der Waals surface area contributed by atoms with Crippen LogP contribution in [0.4, 0.5) is 0 Å². The largest absolute Gasteiger partial charge is 0.312 e. The fourth-order valence-electron chi connectivity index (χ4n) is 2.49. The number of benzene rings is 1. The molecule has 3 heterocycles. The first-order valence-corrected chi connectivity index (χ1v) is 9.54. The summed E-state index contributed by atoms with van der Waals surface area (Å²) in [6, 6.07) is 12.0. The molecule has 0 saturated carbocycles. The predicted molar refractivity (Wildman–Crippen MR) is 101 cm³/mol. The Balaban J connectivity index is 1.57. The summed E-state index contributed by atoms with van der Waals surface area (Å²) in [5, 5.41) is 8.72. The van der Waals surface area contributed by atoms with Crippen LogP contribution in [0.25, 0.3) is 20.7 Å². The Bertz CT molecular complexity index is 1070. The van der Waals surface area contributed by atoms with E-state index in [0.29, 0.717) is 11.2 Å². The molecule has 0 aliphatic heterocycles. The predicted octanol–water partition coefficient (Wildman–Crippen LogP) is 3.05. The number of hydrogen-bond donors (Lipinski definition) is 0. The number of hydrogen-bond acceptors (Lipinski definition) is 6. The van der Waals surface area contributed by atoms with E-state index in [1.54, 1.807) is 29.0 Å². The lowest BCUT2D eigenvalue weighted by Gasteiger charge is -2.04. The van der Waals surface area contributed by atoms with Crippen molar-refractivity contribution in [1.82, 2.24) is 24.3 Å². The monoisotopic (exact) mass is 369 g/mol. The van der Waals surface area contributed by atoms with Crippen molar-refractivity contribution in [1.29, 1.82) is 0 Å². The van der Waals surface area contributed by atoms with Crippen LogP contribution >= 0.6 is 23.1 Å². The molecule has 0 radical (unpaired) electrons. The maximum atomic E-state index is 12.7. The van der Waals surface area contributed by atoms with Gasteiger partial charge in [-0.15, -0.1) is 21.5 Å². The fraction of sp³-hybridized carbons (Fsp3) is 0.176. The van der Waals surface area contributed by atoms with Gasteiger partial charge in [-0.1, -0.05) is 42.1 Å². The third-order valence-corrected chi connectivity index (χ3v) is 5.97. The molecule has 8 heteroatoms. The third kappa shape index (κ3) is 3.22. The van der Waals surface area contributed by atoms with E-state index in [1.165, 1.54) is 11.3 Å². The minimum absolute atomic E-state index is 0.00995. The zero-order chi connectivity index (χ0) is 17.2. The van der Waals surface area contributed by atoms with E-state index in [0.717, 1.165) is 26.9 Å². The topological polar surface area (TPSA) is 65.6 Å². The normalized spacial score (nSPS) is 11.2. The molecule has 126 valence electrons. The molecule has 0 fully saturated rings. The zero-order valence-corrected chi connectivity index (χ0v) is 15.1. The van der Waals surface area contributed by atoms with Crippen molar-refractivity contribution in [2.45, 2.75) is 11.7 Å². The van der Waals surface area contributed by atoms with Crippen molar-refractivity contribution >= 4 is 33.3 Å². The molecule has 0 aliphatic carbocycles. The second-order valence-electron chi connectivity index (χ2n) is 5.51. The summed E-state index contributed by atoms with van der Waals surface area (Å²) in [6.07, 6.45) is 3.29. The van der Waals surface area contributed by atoms with E-state index in [1.807, 2.05) is 48.0 Å². The summed E-state index contributed by atoms with van der Waals surface area (Å²) >= 11 is 3.07. The number of rotatable bonds is 5. The SMILES string of the molecule is Cn1cnnc1SCCn1cnc2cc(-c3ccccc3)sc2c1=O. The van der Waals surface area contributed by atoms with Gasteiger partial charge in [-0.2, -0.15) is 0 Å². The van der Waals surface area contributed by atoms with Crippen LogP contribution < -0.4 is 5.56 Å². The lowest BCUT2D eigenvalue weighted by molar-refractivity contribution is 0.721. The van der Waals surface area contributed by atoms with Crippen LogP contribution in [-0.2, 0) is 13.6 Å². The highest BCUT2D eigenvalue weighted by atomic mass is 32.2. The Labute approximate surface area is 152 Å². The van der Waals surface area contributed by atoms with Gasteiger partial charge in [0.25, 0.3) is 5.56 Å². The van der Waals surface area contributed by atoms with Gasteiger partial charge in [0.1, 0.15) is 11.0 Å². The molecule has 0 amide bonds. The van der Waals surface area contributed by atoms with Crippen LogP contribution in [0.5, 0.6) is 0 Å². The van der Waals surface area contributed by atoms with Crippen molar-refractivity contribution < 1.29 is 0 Å². The Morgan fingerprint density at radius 3 is 2.80 bits per heavy atom. The van der Waals surface area contributed by atoms with E-state index in [9.17, 15) is 4.79 Å². The first-order chi connectivity index (χ1) is 12.2. The van der Waals surface area contributed by atoms with Gasteiger partial charge in [-0.05, 0) is 11.6 Å². The van der Waals surface area contributed by atoms with Gasteiger partial charge >= 0.3 is 0 Å². The van der Waals surface area contributed by atoms with Gasteiger partial charge in [-0.3, -0.25) is 9.36 Å². The molecule has 3 aromatic heterocycles. The zero-order valence-electron chi connectivity index (χ0n) is 13.5. The van der Waals surface area contributed by atoms with Crippen LogP contribution in [0.1, 0.15) is 0 Å². The second-order valence-corrected chi connectivity index (χ2v) is 7.62. The number of aryl methyl sites for hydroxylation is 2. The number of thioether (sulfide) groups is 1. The first kappa shape index (κ1) is 16.0. The van der Waals surface area contributed by atoms with E-state index in [4.69, 9.17) is 0 Å². The molecule has 0 aliphatic rings. The molecule has 4 aromatic rings. The molecule has 0 saturated heterocycles. The van der Waals surface area contributed by atoms with Gasteiger partial charge in [-0.25, -0.2) is 4.98 Å². The Morgan fingerprint density at radius 1 is 1.20 bits per heavy atom. The van der Waals surface area contributed by atoms with Crippen LogP contribution in [0.2, 0.25) is 0 Å². The summed E-state index contributed by atoms with van der Waals surface area (Å²) in [5.41, 5.74) is 1.87. The molecule has 0 N–H and O–H groups in total. The summed E-state index contributed by atoms with van der Waals surface area (Å²) in [7, 11) is 1.90. The lowest BCUT2D eigenvalue weighted by atomic mass is 10.2. The molecule has 4 rings (SSSR count). The molecular formula is C17H15N5OS2. The van der Waals surface area contributed by atoms with Crippen molar-refractivity contribution in [2.75, 3.05) is 5.75 Å². The van der Waals surface area contributed by atoms with Crippen LogP contribution in [0.15, 0.2) is 59.0 Å². The van der Waals surface area contributed by atoms with Gasteiger partial charge < -0.3 is 4.57 Å². The Kier molecular flexibility index (Phi) is 4.37. The van der Waals surface area contributed by atoms with E-state index in [-0.39, 0.29) is 5.56 Å². The standard InChI is InChI=1S/C17H15N5OS2/c1-21-11-19-20-17(21)24-8-7-22-10-18-13-9-14(25-15(13)16(22)23)12-5-3-2-4-6-12/h2-6,9-11H,7-8H2,1H3. The van der Waals surface area contributed by atoms with Crippen molar-refractivity contribution in [2.24, 2.45) is 7.05 Å². The Morgan fingerprint density at radius 2 is 2.04 bits per heavy atom. The maximum Gasteiger partial charge on any atom is 0.271 e. The highest BCUT2D eigenvalue weighted by molar-refractivity contribution is 7.99. The van der Waals surface area contributed by atoms with E-state index < -0.39 is 0 Å². The van der Waals surface area contributed by atoms with Crippen molar-refractivity contribution in [3.05, 3.63) is 59.4 Å². The molecule has 0 bridgehead atoms. The summed E-state index contributed by atoms with van der Waals surface area (Å²) in [5.74, 6) is 0.733. The van der Waals surface area contributed by atoms with E-state index in [2.05, 4.69) is 15.2 Å². The molecule has 1 aromatic carbocycles. The second kappa shape index (κ2) is 6.81. The number of fused-ring (bicyclic) bond motifs is 1. The lowest BCUT2D eigenvalue weighted by Crippen LogP contribution is -2.20. The number of aromatic nitrogens is 5. The fourth-order valence-corrected chi connectivity index (χ4v) is 4.38. The molecule has 6 nitrogen and oxygen atoms in total. The minimum atomic E-state index is 0.00995. The van der Waals surface area contributed by atoms with Crippen molar-refractivity contribution in [3.8, 4) is 10.4 Å². The number of nitrogens with zero attached hydrogens (tertiary/aromatic N) is 5. The van der Waals surface area contributed by atoms with E-state index >= 15 is 0 Å². The van der Waals surface area contributed by atoms with Gasteiger partial charge in [0, 0.05) is 24.2 Å². The van der Waals surface area contributed by atoms with Crippen LogP contribution in [0, 0.1) is 0 Å². The molecule has 0 unspecified atom stereocenters. The highest BCUT2D eigenvalue weighted by Gasteiger charge is 2.11. The average Bonchev–Trinajstić information content (AvgIpc) is 3.25.